The van der Waals surface area contributed by atoms with E-state index in [2.05, 4.69) is 17.3 Å². The van der Waals surface area contributed by atoms with E-state index in [1.54, 1.807) is 0 Å². The van der Waals surface area contributed by atoms with E-state index in [9.17, 15) is 0 Å². The standard InChI is InChI=1S/C17H22N2O/c1-18-14(17-11-6-2-3-7-12(11)17)10-16-19-13-8-4-5-9-15(13)20-16/h4-5,8-9,11-12,14,17-18H,2-3,6-7,10H2,1H3. The van der Waals surface area contributed by atoms with Gasteiger partial charge in [0.25, 0.3) is 0 Å². The first-order valence-corrected chi connectivity index (χ1v) is 7.88. The van der Waals surface area contributed by atoms with Gasteiger partial charge in [-0.3, -0.25) is 0 Å². The number of aromatic nitrogens is 1. The van der Waals surface area contributed by atoms with Crippen LogP contribution < -0.4 is 5.32 Å². The first-order chi connectivity index (χ1) is 9.86. The van der Waals surface area contributed by atoms with Crippen molar-refractivity contribution in [2.24, 2.45) is 17.8 Å². The Morgan fingerprint density at radius 3 is 2.70 bits per heavy atom. The molecule has 3 unspecified atom stereocenters. The number of fused-ring (bicyclic) bond motifs is 2. The minimum Gasteiger partial charge on any atom is -0.441 e. The zero-order valence-corrected chi connectivity index (χ0v) is 12.0. The zero-order valence-electron chi connectivity index (χ0n) is 12.0. The van der Waals surface area contributed by atoms with Gasteiger partial charge in [0.15, 0.2) is 11.5 Å². The summed E-state index contributed by atoms with van der Waals surface area (Å²) >= 11 is 0. The Hall–Kier alpha value is -1.35. The smallest absolute Gasteiger partial charge is 0.197 e. The van der Waals surface area contributed by atoms with Crippen LogP contribution in [0.25, 0.3) is 11.1 Å². The second-order valence-electron chi connectivity index (χ2n) is 6.36. The Balaban J connectivity index is 1.51. The van der Waals surface area contributed by atoms with Crippen molar-refractivity contribution in [3.05, 3.63) is 30.2 Å². The lowest BCUT2D eigenvalue weighted by Gasteiger charge is -2.14. The van der Waals surface area contributed by atoms with Gasteiger partial charge in [0.2, 0.25) is 0 Å². The molecule has 1 N–H and O–H groups in total. The molecule has 4 rings (SSSR count). The van der Waals surface area contributed by atoms with Crippen LogP contribution in [0.5, 0.6) is 0 Å². The highest BCUT2D eigenvalue weighted by Crippen LogP contribution is 2.57. The summed E-state index contributed by atoms with van der Waals surface area (Å²) < 4.78 is 5.88. The normalized spacial score (nSPS) is 30.1. The van der Waals surface area contributed by atoms with Crippen molar-refractivity contribution in [1.29, 1.82) is 0 Å². The maximum absolute atomic E-state index is 5.88. The van der Waals surface area contributed by atoms with Crippen LogP contribution in [0.15, 0.2) is 28.7 Å². The number of nitrogens with zero attached hydrogens (tertiary/aromatic N) is 1. The molecule has 0 aliphatic heterocycles. The molecule has 2 aromatic rings. The molecule has 2 saturated carbocycles. The van der Waals surface area contributed by atoms with Gasteiger partial charge in [-0.05, 0) is 49.8 Å². The average molecular weight is 270 g/mol. The largest absolute Gasteiger partial charge is 0.441 e. The molecule has 2 aliphatic rings. The fraction of sp³-hybridized carbons (Fsp3) is 0.588. The second kappa shape index (κ2) is 4.88. The second-order valence-corrected chi connectivity index (χ2v) is 6.36. The van der Waals surface area contributed by atoms with Crippen molar-refractivity contribution in [3.63, 3.8) is 0 Å². The summed E-state index contributed by atoms with van der Waals surface area (Å²) in [6.07, 6.45) is 6.64. The van der Waals surface area contributed by atoms with E-state index in [4.69, 9.17) is 4.42 Å². The third-order valence-corrected chi connectivity index (χ3v) is 5.29. The van der Waals surface area contributed by atoms with Crippen LogP contribution in [0, 0.1) is 17.8 Å². The van der Waals surface area contributed by atoms with Gasteiger partial charge >= 0.3 is 0 Å². The SMILES string of the molecule is CNC(Cc1nc2ccccc2o1)C1C2CCCCC21. The van der Waals surface area contributed by atoms with E-state index in [0.717, 1.165) is 41.2 Å². The summed E-state index contributed by atoms with van der Waals surface area (Å²) in [7, 11) is 2.08. The van der Waals surface area contributed by atoms with Gasteiger partial charge in [-0.15, -0.1) is 0 Å². The van der Waals surface area contributed by atoms with E-state index < -0.39 is 0 Å². The molecular weight excluding hydrogens is 248 g/mol. The van der Waals surface area contributed by atoms with E-state index >= 15 is 0 Å². The lowest BCUT2D eigenvalue weighted by molar-refractivity contribution is 0.412. The Morgan fingerprint density at radius 2 is 2.00 bits per heavy atom. The summed E-state index contributed by atoms with van der Waals surface area (Å²) in [6.45, 7) is 0. The highest BCUT2D eigenvalue weighted by molar-refractivity contribution is 5.72. The highest BCUT2D eigenvalue weighted by Gasteiger charge is 2.53. The summed E-state index contributed by atoms with van der Waals surface area (Å²) in [5, 5.41) is 3.51. The molecule has 0 saturated heterocycles. The molecule has 2 aliphatic carbocycles. The number of likely N-dealkylation sites (N-methyl/N-ethyl adjacent to an activating group) is 1. The maximum atomic E-state index is 5.88. The number of hydrogen-bond acceptors (Lipinski definition) is 3. The predicted molar refractivity (Wildman–Crippen MR) is 79.5 cm³/mol. The van der Waals surface area contributed by atoms with Gasteiger partial charge in [-0.2, -0.15) is 0 Å². The van der Waals surface area contributed by atoms with Gasteiger partial charge in [-0.1, -0.05) is 25.0 Å². The number of benzene rings is 1. The summed E-state index contributed by atoms with van der Waals surface area (Å²) in [5.41, 5.74) is 1.89. The fourth-order valence-electron chi connectivity index (χ4n) is 4.27. The molecule has 20 heavy (non-hydrogen) atoms. The molecule has 3 heteroatoms. The van der Waals surface area contributed by atoms with Gasteiger partial charge in [-0.25, -0.2) is 4.98 Å². The van der Waals surface area contributed by atoms with Crippen LogP contribution in [-0.2, 0) is 6.42 Å². The molecule has 3 atom stereocenters. The van der Waals surface area contributed by atoms with Crippen molar-refractivity contribution in [2.75, 3.05) is 7.05 Å². The van der Waals surface area contributed by atoms with Gasteiger partial charge in [0.05, 0.1) is 0 Å². The number of nitrogens with one attached hydrogen (secondary N) is 1. The highest BCUT2D eigenvalue weighted by atomic mass is 16.3. The molecule has 1 aromatic carbocycles. The van der Waals surface area contributed by atoms with Gasteiger partial charge in [0.1, 0.15) is 5.52 Å². The topological polar surface area (TPSA) is 38.1 Å². The molecule has 106 valence electrons. The molecule has 1 heterocycles. The molecule has 3 nitrogen and oxygen atoms in total. The molecular formula is C17H22N2O. The van der Waals surface area contributed by atoms with Crippen LogP contribution in [0.4, 0.5) is 0 Å². The van der Waals surface area contributed by atoms with E-state index in [1.807, 2.05) is 24.3 Å². The lowest BCUT2D eigenvalue weighted by Crippen LogP contribution is -2.31. The van der Waals surface area contributed by atoms with Crippen LogP contribution in [0.1, 0.15) is 31.6 Å². The molecule has 0 spiro atoms. The van der Waals surface area contributed by atoms with E-state index in [-0.39, 0.29) is 0 Å². The average Bonchev–Trinajstić information content (AvgIpc) is 3.06. The van der Waals surface area contributed by atoms with E-state index in [1.165, 1.54) is 25.7 Å². The van der Waals surface area contributed by atoms with Crippen molar-refractivity contribution >= 4 is 11.1 Å². The Kier molecular flexibility index (Phi) is 3.03. The lowest BCUT2D eigenvalue weighted by atomic mass is 10.0. The minimum absolute atomic E-state index is 0.524. The number of rotatable bonds is 4. The van der Waals surface area contributed by atoms with Crippen molar-refractivity contribution in [3.8, 4) is 0 Å². The van der Waals surface area contributed by atoms with Crippen molar-refractivity contribution in [2.45, 2.75) is 38.1 Å². The molecule has 0 amide bonds. The Labute approximate surface area is 119 Å². The van der Waals surface area contributed by atoms with Crippen LogP contribution in [0.2, 0.25) is 0 Å². The molecule has 2 fully saturated rings. The molecule has 1 aromatic heterocycles. The summed E-state index contributed by atoms with van der Waals surface area (Å²) in [6, 6.07) is 8.56. The first-order valence-electron chi connectivity index (χ1n) is 7.88. The van der Waals surface area contributed by atoms with Crippen LogP contribution in [-0.4, -0.2) is 18.1 Å². The van der Waals surface area contributed by atoms with Gasteiger partial charge in [0, 0.05) is 12.5 Å². The fourth-order valence-corrected chi connectivity index (χ4v) is 4.27. The van der Waals surface area contributed by atoms with Crippen LogP contribution >= 0.6 is 0 Å². The van der Waals surface area contributed by atoms with Crippen molar-refractivity contribution < 1.29 is 4.42 Å². The zero-order chi connectivity index (χ0) is 13.5. The third-order valence-electron chi connectivity index (χ3n) is 5.29. The van der Waals surface area contributed by atoms with Crippen LogP contribution in [0.3, 0.4) is 0 Å². The van der Waals surface area contributed by atoms with E-state index in [0.29, 0.717) is 6.04 Å². The molecule has 0 bridgehead atoms. The minimum atomic E-state index is 0.524. The number of hydrogen-bond donors (Lipinski definition) is 1. The van der Waals surface area contributed by atoms with Crippen molar-refractivity contribution in [1.82, 2.24) is 10.3 Å². The predicted octanol–water partition coefficient (Wildman–Crippen LogP) is 3.39. The first kappa shape index (κ1) is 12.4. The quantitative estimate of drug-likeness (QED) is 0.925. The molecule has 0 radical (unpaired) electrons. The van der Waals surface area contributed by atoms with Gasteiger partial charge < -0.3 is 9.73 Å². The summed E-state index contributed by atoms with van der Waals surface area (Å²) in [4.78, 5) is 4.62. The third kappa shape index (κ3) is 2.05. The Bertz CT molecular complexity index is 561. The number of para-hydroxylation sites is 2. The monoisotopic (exact) mass is 270 g/mol. The summed E-state index contributed by atoms with van der Waals surface area (Å²) in [5.74, 6) is 3.66. The number of oxazole rings is 1. The Morgan fingerprint density at radius 1 is 1.25 bits per heavy atom. The maximum Gasteiger partial charge on any atom is 0.197 e.